The lowest BCUT2D eigenvalue weighted by Gasteiger charge is -2.24. The van der Waals surface area contributed by atoms with Gasteiger partial charge in [0.15, 0.2) is 0 Å². The third kappa shape index (κ3) is 4.07. The van der Waals surface area contributed by atoms with Crippen LogP contribution in [-0.2, 0) is 16.1 Å². The van der Waals surface area contributed by atoms with E-state index in [0.29, 0.717) is 4.90 Å². The maximum atomic E-state index is 13.7. The molecule has 0 bridgehead atoms. The van der Waals surface area contributed by atoms with Crippen LogP contribution in [0.1, 0.15) is 18.7 Å². The molecule has 11 heteroatoms. The zero-order valence-electron chi connectivity index (χ0n) is 13.8. The molecule has 1 aliphatic rings. The number of carbonyl (C=O) groups is 2. The number of halogens is 4. The molecule has 1 saturated heterocycles. The molecule has 2 heterocycles. The lowest BCUT2D eigenvalue weighted by molar-refractivity contribution is -0.186. The molecular weight excluding hydrogens is 372 g/mol. The Labute approximate surface area is 150 Å². The van der Waals surface area contributed by atoms with Crippen molar-refractivity contribution in [1.29, 1.82) is 0 Å². The van der Waals surface area contributed by atoms with E-state index in [4.69, 9.17) is 4.52 Å². The van der Waals surface area contributed by atoms with Gasteiger partial charge >= 0.3 is 12.1 Å². The van der Waals surface area contributed by atoms with Gasteiger partial charge in [0.25, 0.3) is 0 Å². The van der Waals surface area contributed by atoms with E-state index in [2.05, 4.69) is 15.5 Å². The van der Waals surface area contributed by atoms with Crippen LogP contribution in [0.4, 0.5) is 17.6 Å². The van der Waals surface area contributed by atoms with Crippen molar-refractivity contribution in [2.75, 3.05) is 6.54 Å². The summed E-state index contributed by atoms with van der Waals surface area (Å²) in [5, 5.41) is 5.97. The predicted molar refractivity (Wildman–Crippen MR) is 82.3 cm³/mol. The van der Waals surface area contributed by atoms with Gasteiger partial charge < -0.3 is 14.7 Å². The SMILES string of the molecule is O=C(NCc1nc(-c2ccccc2F)no1)C1CCCN1C(=O)C(F)(F)F. The van der Waals surface area contributed by atoms with Gasteiger partial charge in [-0.15, -0.1) is 0 Å². The van der Waals surface area contributed by atoms with Crippen LogP contribution in [-0.4, -0.2) is 45.6 Å². The number of likely N-dealkylation sites (tertiary alicyclic amines) is 1. The lowest BCUT2D eigenvalue weighted by Crippen LogP contribution is -2.50. The van der Waals surface area contributed by atoms with E-state index < -0.39 is 29.8 Å². The molecule has 1 N–H and O–H groups in total. The monoisotopic (exact) mass is 386 g/mol. The van der Waals surface area contributed by atoms with Gasteiger partial charge in [-0.1, -0.05) is 17.3 Å². The predicted octanol–water partition coefficient (Wildman–Crippen LogP) is 2.05. The van der Waals surface area contributed by atoms with Crippen LogP contribution in [0.5, 0.6) is 0 Å². The molecule has 0 radical (unpaired) electrons. The number of carbonyl (C=O) groups excluding carboxylic acids is 2. The number of benzene rings is 1. The Bertz CT molecular complexity index is 852. The molecule has 0 aliphatic carbocycles. The minimum atomic E-state index is -5.04. The first-order valence-electron chi connectivity index (χ1n) is 8.00. The first-order chi connectivity index (χ1) is 12.8. The lowest BCUT2D eigenvalue weighted by atomic mass is 10.2. The highest BCUT2D eigenvalue weighted by atomic mass is 19.4. The Hall–Kier alpha value is -2.98. The number of hydrogen-bond acceptors (Lipinski definition) is 5. The minimum absolute atomic E-state index is 0.0212. The van der Waals surface area contributed by atoms with Crippen molar-refractivity contribution in [3.05, 3.63) is 36.0 Å². The first-order valence-corrected chi connectivity index (χ1v) is 8.00. The summed E-state index contributed by atoms with van der Waals surface area (Å²) in [5.41, 5.74) is 0.108. The number of amides is 2. The summed E-state index contributed by atoms with van der Waals surface area (Å²) in [5.74, 6) is -3.42. The van der Waals surface area contributed by atoms with Crippen molar-refractivity contribution in [1.82, 2.24) is 20.4 Å². The minimum Gasteiger partial charge on any atom is -0.345 e. The summed E-state index contributed by atoms with van der Waals surface area (Å²) < 4.78 is 56.4. The van der Waals surface area contributed by atoms with Gasteiger partial charge in [0.2, 0.25) is 17.6 Å². The molecule has 1 fully saturated rings. The molecule has 2 amide bonds. The average Bonchev–Trinajstić information content (AvgIpc) is 3.28. The van der Waals surface area contributed by atoms with Crippen molar-refractivity contribution in [3.63, 3.8) is 0 Å². The van der Waals surface area contributed by atoms with Crippen LogP contribution in [0.25, 0.3) is 11.4 Å². The Balaban J connectivity index is 1.63. The maximum Gasteiger partial charge on any atom is 0.471 e. The number of alkyl halides is 3. The van der Waals surface area contributed by atoms with Gasteiger partial charge in [0.1, 0.15) is 11.9 Å². The second kappa shape index (κ2) is 7.33. The van der Waals surface area contributed by atoms with Gasteiger partial charge in [-0.2, -0.15) is 18.2 Å². The fraction of sp³-hybridized carbons (Fsp3) is 0.375. The van der Waals surface area contributed by atoms with E-state index in [0.717, 1.165) is 0 Å². The summed E-state index contributed by atoms with van der Waals surface area (Å²) in [4.78, 5) is 28.0. The average molecular weight is 386 g/mol. The number of rotatable bonds is 4. The molecular formula is C16H14F4N4O3. The van der Waals surface area contributed by atoms with Crippen molar-refractivity contribution in [2.24, 2.45) is 0 Å². The van der Waals surface area contributed by atoms with Crippen LogP contribution < -0.4 is 5.32 Å². The third-order valence-corrected chi connectivity index (χ3v) is 4.06. The molecule has 1 unspecified atom stereocenters. The van der Waals surface area contributed by atoms with Crippen molar-refractivity contribution in [3.8, 4) is 11.4 Å². The number of hydrogen-bond donors (Lipinski definition) is 1. The Morgan fingerprint density at radius 2 is 2.04 bits per heavy atom. The summed E-state index contributed by atoms with van der Waals surface area (Å²) in [6, 6.07) is 4.53. The fourth-order valence-electron chi connectivity index (χ4n) is 2.80. The topological polar surface area (TPSA) is 88.3 Å². The molecule has 2 aromatic rings. The fourth-order valence-corrected chi connectivity index (χ4v) is 2.80. The van der Waals surface area contributed by atoms with Crippen LogP contribution in [0.2, 0.25) is 0 Å². The number of nitrogens with zero attached hydrogens (tertiary/aromatic N) is 3. The second-order valence-electron chi connectivity index (χ2n) is 5.86. The highest BCUT2D eigenvalue weighted by Gasteiger charge is 2.47. The zero-order valence-corrected chi connectivity index (χ0v) is 13.8. The van der Waals surface area contributed by atoms with E-state index in [9.17, 15) is 27.2 Å². The standard InChI is InChI=1S/C16H14F4N4O3/c17-10-5-2-1-4-9(10)13-22-12(27-23-13)8-21-14(25)11-6-3-7-24(11)15(26)16(18,19)20/h1-2,4-5,11H,3,6-8H2,(H,21,25). The number of nitrogens with one attached hydrogen (secondary N) is 1. The summed E-state index contributed by atoms with van der Waals surface area (Å²) >= 11 is 0. The van der Waals surface area contributed by atoms with Crippen LogP contribution in [0, 0.1) is 5.82 Å². The molecule has 1 aliphatic heterocycles. The Kier molecular flexibility index (Phi) is 5.10. The Morgan fingerprint density at radius 1 is 1.30 bits per heavy atom. The van der Waals surface area contributed by atoms with E-state index in [1.54, 1.807) is 6.07 Å². The normalized spacial score (nSPS) is 17.2. The van der Waals surface area contributed by atoms with Crippen molar-refractivity contribution in [2.45, 2.75) is 31.6 Å². The van der Waals surface area contributed by atoms with Crippen molar-refractivity contribution < 1.29 is 31.7 Å². The Morgan fingerprint density at radius 3 is 2.74 bits per heavy atom. The summed E-state index contributed by atoms with van der Waals surface area (Å²) in [7, 11) is 0. The maximum absolute atomic E-state index is 13.7. The molecule has 1 aromatic carbocycles. The molecule has 144 valence electrons. The second-order valence-corrected chi connectivity index (χ2v) is 5.86. The largest absolute Gasteiger partial charge is 0.471 e. The zero-order chi connectivity index (χ0) is 19.6. The molecule has 27 heavy (non-hydrogen) atoms. The quantitative estimate of drug-likeness (QED) is 0.813. The van der Waals surface area contributed by atoms with E-state index in [-0.39, 0.29) is 43.2 Å². The molecule has 7 nitrogen and oxygen atoms in total. The smallest absolute Gasteiger partial charge is 0.345 e. The van der Waals surface area contributed by atoms with E-state index >= 15 is 0 Å². The number of aromatic nitrogens is 2. The van der Waals surface area contributed by atoms with Gasteiger partial charge in [-0.05, 0) is 25.0 Å². The highest BCUT2D eigenvalue weighted by Crippen LogP contribution is 2.26. The molecule has 3 rings (SSSR count). The first kappa shape index (κ1) is 18.8. The molecule has 0 spiro atoms. The van der Waals surface area contributed by atoms with Crippen molar-refractivity contribution >= 4 is 11.8 Å². The molecule has 0 saturated carbocycles. The summed E-state index contributed by atoms with van der Waals surface area (Å²) in [6.07, 6.45) is -4.63. The highest BCUT2D eigenvalue weighted by molar-refractivity contribution is 5.90. The van der Waals surface area contributed by atoms with Crippen LogP contribution in [0.15, 0.2) is 28.8 Å². The van der Waals surface area contributed by atoms with Gasteiger partial charge in [0, 0.05) is 6.54 Å². The van der Waals surface area contributed by atoms with Crippen LogP contribution in [0.3, 0.4) is 0 Å². The van der Waals surface area contributed by atoms with Gasteiger partial charge in [-0.25, -0.2) is 4.39 Å². The van der Waals surface area contributed by atoms with E-state index in [1.165, 1.54) is 18.2 Å². The third-order valence-electron chi connectivity index (χ3n) is 4.06. The van der Waals surface area contributed by atoms with Gasteiger partial charge in [0.05, 0.1) is 12.1 Å². The molecule has 1 atom stereocenters. The van der Waals surface area contributed by atoms with E-state index in [1.807, 2.05) is 0 Å². The van der Waals surface area contributed by atoms with Gasteiger partial charge in [-0.3, -0.25) is 9.59 Å². The summed E-state index contributed by atoms with van der Waals surface area (Å²) in [6.45, 7) is -0.404. The van der Waals surface area contributed by atoms with Crippen LogP contribution >= 0.6 is 0 Å². The molecule has 1 aromatic heterocycles.